The summed E-state index contributed by atoms with van der Waals surface area (Å²) < 4.78 is 14.1. The number of benzene rings is 2. The highest BCUT2D eigenvalue weighted by atomic mass is 19.1. The maximum Gasteiger partial charge on any atom is 0.337 e. The van der Waals surface area contributed by atoms with Gasteiger partial charge >= 0.3 is 5.97 Å². The fraction of sp³-hybridized carbons (Fsp3) is 0.0667. The van der Waals surface area contributed by atoms with E-state index in [0.717, 1.165) is 0 Å². The lowest BCUT2D eigenvalue weighted by atomic mass is 10.1. The van der Waals surface area contributed by atoms with E-state index in [0.29, 0.717) is 28.0 Å². The van der Waals surface area contributed by atoms with Gasteiger partial charge in [-0.25, -0.2) is 14.2 Å². The van der Waals surface area contributed by atoms with Crippen molar-refractivity contribution in [3.8, 4) is 11.4 Å². The number of halogens is 1. The van der Waals surface area contributed by atoms with Crippen LogP contribution in [0.2, 0.25) is 0 Å². The van der Waals surface area contributed by atoms with Crippen molar-refractivity contribution in [1.29, 1.82) is 0 Å². The number of carbonyl (C=O) groups is 1. The first-order valence-corrected chi connectivity index (χ1v) is 6.05. The summed E-state index contributed by atoms with van der Waals surface area (Å²) in [7, 11) is 0. The molecule has 0 atom stereocenters. The average molecular weight is 270 g/mol. The van der Waals surface area contributed by atoms with Gasteiger partial charge in [0.1, 0.15) is 17.2 Å². The van der Waals surface area contributed by atoms with Crippen molar-refractivity contribution in [2.75, 3.05) is 0 Å². The average Bonchev–Trinajstić information content (AvgIpc) is 2.84. The Morgan fingerprint density at radius 3 is 2.75 bits per heavy atom. The van der Waals surface area contributed by atoms with Crippen LogP contribution in [0.15, 0.2) is 36.4 Å². The fourth-order valence-corrected chi connectivity index (χ4v) is 2.16. The molecular formula is C15H11FN2O2. The molecular weight excluding hydrogens is 259 g/mol. The van der Waals surface area contributed by atoms with E-state index in [9.17, 15) is 9.18 Å². The Balaban J connectivity index is 2.26. The molecule has 3 rings (SSSR count). The number of fused-ring (bicyclic) bond motifs is 1. The molecule has 0 aliphatic carbocycles. The van der Waals surface area contributed by atoms with E-state index < -0.39 is 5.97 Å². The van der Waals surface area contributed by atoms with Crippen molar-refractivity contribution in [2.45, 2.75) is 6.92 Å². The summed E-state index contributed by atoms with van der Waals surface area (Å²) in [5.41, 5.74) is 1.84. The van der Waals surface area contributed by atoms with Crippen molar-refractivity contribution >= 4 is 17.0 Å². The second-order valence-electron chi connectivity index (χ2n) is 4.53. The number of nitrogens with zero attached hydrogens (tertiary/aromatic N) is 1. The molecule has 5 heteroatoms. The second-order valence-corrected chi connectivity index (χ2v) is 4.53. The Hall–Kier alpha value is -2.69. The van der Waals surface area contributed by atoms with E-state index in [-0.39, 0.29) is 11.4 Å². The van der Waals surface area contributed by atoms with Gasteiger partial charge in [0.2, 0.25) is 0 Å². The van der Waals surface area contributed by atoms with Gasteiger partial charge in [0.15, 0.2) is 0 Å². The van der Waals surface area contributed by atoms with E-state index in [4.69, 9.17) is 5.11 Å². The van der Waals surface area contributed by atoms with Crippen molar-refractivity contribution in [3.05, 3.63) is 53.3 Å². The Bertz CT molecular complexity index is 824. The lowest BCUT2D eigenvalue weighted by Crippen LogP contribution is -1.96. The molecule has 0 aliphatic heterocycles. The van der Waals surface area contributed by atoms with Crippen molar-refractivity contribution < 1.29 is 14.3 Å². The van der Waals surface area contributed by atoms with Crippen molar-refractivity contribution in [2.24, 2.45) is 0 Å². The number of H-pyrrole nitrogens is 1. The largest absolute Gasteiger partial charge is 0.478 e. The third-order valence-electron chi connectivity index (χ3n) is 3.19. The summed E-state index contributed by atoms with van der Waals surface area (Å²) in [4.78, 5) is 18.3. The Morgan fingerprint density at radius 2 is 2.00 bits per heavy atom. The minimum atomic E-state index is -1.06. The van der Waals surface area contributed by atoms with Crippen molar-refractivity contribution in [1.82, 2.24) is 9.97 Å². The molecule has 2 N–H and O–H groups in total. The number of aromatic carboxylic acids is 1. The summed E-state index contributed by atoms with van der Waals surface area (Å²) in [6.45, 7) is 1.67. The molecule has 0 saturated carbocycles. The molecule has 2 aromatic carbocycles. The van der Waals surface area contributed by atoms with Crippen LogP contribution in [0.3, 0.4) is 0 Å². The SMILES string of the molecule is Cc1cccc(-c2nc3c(C(=O)O)cccc3[nH]2)c1F. The van der Waals surface area contributed by atoms with Gasteiger partial charge in [-0.15, -0.1) is 0 Å². The first-order valence-electron chi connectivity index (χ1n) is 6.05. The van der Waals surface area contributed by atoms with Gasteiger partial charge in [-0.2, -0.15) is 0 Å². The second kappa shape index (κ2) is 4.45. The zero-order chi connectivity index (χ0) is 14.3. The summed E-state index contributed by atoms with van der Waals surface area (Å²) in [6.07, 6.45) is 0. The number of aryl methyl sites for hydroxylation is 1. The summed E-state index contributed by atoms with van der Waals surface area (Å²) in [6, 6.07) is 9.83. The third kappa shape index (κ3) is 1.84. The Labute approximate surface area is 113 Å². The number of imidazole rings is 1. The number of nitrogens with one attached hydrogen (secondary N) is 1. The smallest absolute Gasteiger partial charge is 0.337 e. The van der Waals surface area contributed by atoms with Gasteiger partial charge < -0.3 is 10.1 Å². The molecule has 0 fully saturated rings. The predicted molar refractivity (Wildman–Crippen MR) is 73.2 cm³/mol. The van der Waals surface area contributed by atoms with Crippen LogP contribution in [0.1, 0.15) is 15.9 Å². The maximum absolute atomic E-state index is 14.1. The lowest BCUT2D eigenvalue weighted by Gasteiger charge is -2.01. The Morgan fingerprint density at radius 1 is 1.25 bits per heavy atom. The zero-order valence-electron chi connectivity index (χ0n) is 10.6. The number of hydrogen-bond acceptors (Lipinski definition) is 2. The number of rotatable bonds is 2. The molecule has 0 bridgehead atoms. The van der Waals surface area contributed by atoms with Gasteiger partial charge in [0.05, 0.1) is 16.6 Å². The zero-order valence-corrected chi connectivity index (χ0v) is 10.6. The molecule has 0 aliphatic rings. The highest BCUT2D eigenvalue weighted by molar-refractivity contribution is 6.01. The number of hydrogen-bond donors (Lipinski definition) is 2. The number of aromatic nitrogens is 2. The number of aromatic amines is 1. The summed E-state index contributed by atoms with van der Waals surface area (Å²) in [5, 5.41) is 9.13. The quantitative estimate of drug-likeness (QED) is 0.750. The number of carboxylic acids is 1. The fourth-order valence-electron chi connectivity index (χ4n) is 2.16. The molecule has 3 aromatic rings. The van der Waals surface area contributed by atoms with Gasteiger partial charge in [0.25, 0.3) is 0 Å². The van der Waals surface area contributed by atoms with Crippen LogP contribution in [0.25, 0.3) is 22.4 Å². The van der Waals surface area contributed by atoms with Crippen LogP contribution in [0, 0.1) is 12.7 Å². The van der Waals surface area contributed by atoms with Crippen molar-refractivity contribution in [3.63, 3.8) is 0 Å². The Kier molecular flexibility index (Phi) is 2.75. The summed E-state index contributed by atoms with van der Waals surface area (Å²) in [5.74, 6) is -1.09. The molecule has 0 radical (unpaired) electrons. The van der Waals surface area contributed by atoms with Gasteiger partial charge in [-0.05, 0) is 30.7 Å². The van der Waals surface area contributed by atoms with Gasteiger partial charge in [-0.3, -0.25) is 0 Å². The highest BCUT2D eigenvalue weighted by Crippen LogP contribution is 2.26. The van der Waals surface area contributed by atoms with Crippen LogP contribution >= 0.6 is 0 Å². The number of para-hydroxylation sites is 1. The monoisotopic (exact) mass is 270 g/mol. The number of carboxylic acid groups (broad SMARTS) is 1. The van der Waals surface area contributed by atoms with Gasteiger partial charge in [0, 0.05) is 0 Å². The van der Waals surface area contributed by atoms with Crippen LogP contribution in [0.5, 0.6) is 0 Å². The molecule has 1 aromatic heterocycles. The van der Waals surface area contributed by atoms with Crippen LogP contribution in [0.4, 0.5) is 4.39 Å². The molecule has 1 heterocycles. The topological polar surface area (TPSA) is 66.0 Å². The van der Waals surface area contributed by atoms with E-state index >= 15 is 0 Å². The standard InChI is InChI=1S/C15H11FN2O2/c1-8-4-2-5-9(12(8)16)14-17-11-7-3-6-10(15(19)20)13(11)18-14/h2-7H,1H3,(H,17,18)(H,19,20). The third-order valence-corrected chi connectivity index (χ3v) is 3.19. The van der Waals surface area contributed by atoms with Crippen LogP contribution < -0.4 is 0 Å². The molecule has 4 nitrogen and oxygen atoms in total. The molecule has 20 heavy (non-hydrogen) atoms. The summed E-state index contributed by atoms with van der Waals surface area (Å²) >= 11 is 0. The van der Waals surface area contributed by atoms with Gasteiger partial charge in [-0.1, -0.05) is 18.2 Å². The van der Waals surface area contributed by atoms with E-state index in [1.807, 2.05) is 0 Å². The van der Waals surface area contributed by atoms with E-state index in [1.54, 1.807) is 37.3 Å². The highest BCUT2D eigenvalue weighted by Gasteiger charge is 2.15. The lowest BCUT2D eigenvalue weighted by molar-refractivity contribution is 0.0699. The molecule has 0 amide bonds. The molecule has 0 spiro atoms. The molecule has 0 unspecified atom stereocenters. The van der Waals surface area contributed by atoms with Crippen LogP contribution in [-0.4, -0.2) is 21.0 Å². The molecule has 0 saturated heterocycles. The minimum absolute atomic E-state index is 0.0954. The first kappa shape index (κ1) is 12.3. The van der Waals surface area contributed by atoms with E-state index in [1.165, 1.54) is 6.07 Å². The van der Waals surface area contributed by atoms with Crippen LogP contribution in [-0.2, 0) is 0 Å². The van der Waals surface area contributed by atoms with E-state index in [2.05, 4.69) is 9.97 Å². The minimum Gasteiger partial charge on any atom is -0.478 e. The maximum atomic E-state index is 14.1. The normalized spacial score (nSPS) is 10.9. The first-order chi connectivity index (χ1) is 9.58. The predicted octanol–water partition coefficient (Wildman–Crippen LogP) is 3.38. The molecule has 100 valence electrons.